The van der Waals surface area contributed by atoms with E-state index in [-0.39, 0.29) is 5.16 Å². The topological polar surface area (TPSA) is 79.9 Å². The van der Waals surface area contributed by atoms with Crippen molar-refractivity contribution in [1.29, 1.82) is 0 Å². The van der Waals surface area contributed by atoms with Crippen molar-refractivity contribution in [1.82, 2.24) is 9.97 Å². The number of aromatic amines is 1. The highest BCUT2D eigenvalue weighted by Crippen LogP contribution is 2.26. The van der Waals surface area contributed by atoms with Crippen LogP contribution in [0.2, 0.25) is 0 Å². The third kappa shape index (κ3) is 3.84. The molecule has 0 amide bonds. The number of sulfone groups is 1. The maximum Gasteiger partial charge on any atom is 0.251 e. The van der Waals surface area contributed by atoms with Crippen LogP contribution in [0.1, 0.15) is 29.0 Å². The Balaban J connectivity index is 1.74. The van der Waals surface area contributed by atoms with Gasteiger partial charge in [-0.25, -0.2) is 13.4 Å². The summed E-state index contributed by atoms with van der Waals surface area (Å²) >= 11 is 0. The Bertz CT molecular complexity index is 1320. The van der Waals surface area contributed by atoms with Gasteiger partial charge in [-0.1, -0.05) is 72.8 Å². The number of hydrogen-bond donors (Lipinski definition) is 1. The normalized spacial score (nSPS) is 12.7. The summed E-state index contributed by atoms with van der Waals surface area (Å²) in [5.74, 6) is 0. The lowest BCUT2D eigenvalue weighted by molar-refractivity contribution is 0.575. The standard InChI is InChI=1S/C23H20N2O3S/c1-16(17-8-3-2-4-9-17)29(27,28)23-24-20(15-22(26)25-23)14-19-12-7-11-18-10-5-6-13-21(18)19/h2-13,15-16H,14H2,1H3,(H,24,25,26). The van der Waals surface area contributed by atoms with Crippen LogP contribution in [0.25, 0.3) is 10.8 Å². The van der Waals surface area contributed by atoms with Crippen molar-refractivity contribution in [3.8, 4) is 0 Å². The first kappa shape index (κ1) is 19.1. The summed E-state index contributed by atoms with van der Waals surface area (Å²) in [6.07, 6.45) is 0.369. The third-order valence-corrected chi connectivity index (χ3v) is 6.96. The van der Waals surface area contributed by atoms with Crippen molar-refractivity contribution in [3.05, 3.63) is 106 Å². The van der Waals surface area contributed by atoms with Crippen LogP contribution in [0.4, 0.5) is 0 Å². The van der Waals surface area contributed by atoms with Gasteiger partial charge in [-0.3, -0.25) is 9.78 Å². The van der Waals surface area contributed by atoms with Gasteiger partial charge in [-0.2, -0.15) is 0 Å². The summed E-state index contributed by atoms with van der Waals surface area (Å²) in [5, 5.41) is 1.02. The number of fused-ring (bicyclic) bond motifs is 1. The van der Waals surface area contributed by atoms with E-state index in [2.05, 4.69) is 9.97 Å². The number of H-pyrrole nitrogens is 1. The maximum atomic E-state index is 13.1. The molecule has 0 saturated heterocycles. The summed E-state index contributed by atoms with van der Waals surface area (Å²) in [6.45, 7) is 1.60. The lowest BCUT2D eigenvalue weighted by Crippen LogP contribution is -2.20. The van der Waals surface area contributed by atoms with E-state index in [0.717, 1.165) is 16.3 Å². The average molecular weight is 404 g/mol. The molecular formula is C23H20N2O3S. The fourth-order valence-electron chi connectivity index (χ4n) is 3.42. The number of nitrogens with zero attached hydrogens (tertiary/aromatic N) is 1. The number of nitrogens with one attached hydrogen (secondary N) is 1. The molecule has 6 heteroatoms. The van der Waals surface area contributed by atoms with Gasteiger partial charge < -0.3 is 0 Å². The monoisotopic (exact) mass is 404 g/mol. The molecule has 1 atom stereocenters. The molecule has 0 fully saturated rings. The van der Waals surface area contributed by atoms with Crippen LogP contribution in [0.3, 0.4) is 0 Å². The molecule has 0 radical (unpaired) electrons. The second kappa shape index (κ2) is 7.64. The van der Waals surface area contributed by atoms with Crippen molar-refractivity contribution in [2.75, 3.05) is 0 Å². The van der Waals surface area contributed by atoms with Gasteiger partial charge in [0.2, 0.25) is 15.0 Å². The average Bonchev–Trinajstić information content (AvgIpc) is 2.73. The van der Waals surface area contributed by atoms with Crippen LogP contribution in [-0.2, 0) is 16.3 Å². The largest absolute Gasteiger partial charge is 0.297 e. The van der Waals surface area contributed by atoms with Gasteiger partial charge in [-0.15, -0.1) is 0 Å². The highest BCUT2D eigenvalue weighted by molar-refractivity contribution is 7.91. The molecule has 0 saturated carbocycles. The lowest BCUT2D eigenvalue weighted by Gasteiger charge is -2.13. The molecule has 5 nitrogen and oxygen atoms in total. The molecular weight excluding hydrogens is 384 g/mol. The van der Waals surface area contributed by atoms with E-state index in [1.807, 2.05) is 48.5 Å². The Kier molecular flexibility index (Phi) is 5.03. The van der Waals surface area contributed by atoms with Crippen LogP contribution < -0.4 is 5.56 Å². The van der Waals surface area contributed by atoms with Crippen molar-refractivity contribution >= 4 is 20.6 Å². The van der Waals surface area contributed by atoms with Crippen molar-refractivity contribution in [2.24, 2.45) is 0 Å². The molecule has 1 N–H and O–H groups in total. The fourth-order valence-corrected chi connectivity index (χ4v) is 4.76. The number of aromatic nitrogens is 2. The zero-order chi connectivity index (χ0) is 20.4. The molecule has 0 spiro atoms. The zero-order valence-corrected chi connectivity index (χ0v) is 16.7. The predicted molar refractivity (Wildman–Crippen MR) is 114 cm³/mol. The van der Waals surface area contributed by atoms with E-state index < -0.39 is 20.6 Å². The van der Waals surface area contributed by atoms with Crippen LogP contribution in [0, 0.1) is 0 Å². The Labute approximate surface area is 169 Å². The molecule has 146 valence electrons. The summed E-state index contributed by atoms with van der Waals surface area (Å²) in [7, 11) is -3.84. The van der Waals surface area contributed by atoms with Gasteiger partial charge in [0.15, 0.2) is 0 Å². The maximum absolute atomic E-state index is 13.1. The van der Waals surface area contributed by atoms with Gasteiger partial charge in [-0.05, 0) is 28.8 Å². The first-order valence-corrected chi connectivity index (χ1v) is 10.9. The Morgan fingerprint density at radius 2 is 1.62 bits per heavy atom. The minimum absolute atomic E-state index is 0.295. The second-order valence-electron chi connectivity index (χ2n) is 6.95. The summed E-state index contributed by atoms with van der Waals surface area (Å²) in [4.78, 5) is 18.9. The minimum atomic E-state index is -3.84. The van der Waals surface area contributed by atoms with Crippen LogP contribution in [0.15, 0.2) is 88.8 Å². The Hall–Kier alpha value is -3.25. The highest BCUT2D eigenvalue weighted by Gasteiger charge is 2.27. The van der Waals surface area contributed by atoms with Gasteiger partial charge in [0.25, 0.3) is 5.56 Å². The summed E-state index contributed by atoms with van der Waals surface area (Å²) < 4.78 is 26.1. The number of benzene rings is 3. The molecule has 1 aromatic heterocycles. The minimum Gasteiger partial charge on any atom is -0.297 e. The summed E-state index contributed by atoms with van der Waals surface area (Å²) in [6, 6.07) is 24.1. The zero-order valence-electron chi connectivity index (χ0n) is 15.9. The quantitative estimate of drug-likeness (QED) is 0.509. The molecule has 3 aromatic carbocycles. The molecule has 0 aliphatic carbocycles. The van der Waals surface area contributed by atoms with Gasteiger partial charge >= 0.3 is 0 Å². The van der Waals surface area contributed by atoms with E-state index in [4.69, 9.17) is 0 Å². The van der Waals surface area contributed by atoms with Crippen molar-refractivity contribution < 1.29 is 8.42 Å². The van der Waals surface area contributed by atoms with Gasteiger partial charge in [0, 0.05) is 12.5 Å². The molecule has 1 heterocycles. The van der Waals surface area contributed by atoms with Crippen LogP contribution in [0.5, 0.6) is 0 Å². The van der Waals surface area contributed by atoms with Crippen LogP contribution >= 0.6 is 0 Å². The molecule has 29 heavy (non-hydrogen) atoms. The lowest BCUT2D eigenvalue weighted by atomic mass is 10.0. The SMILES string of the molecule is CC(c1ccccc1)S(=O)(=O)c1nc(Cc2cccc3ccccc23)cc(=O)[nH]1. The molecule has 1 unspecified atom stereocenters. The fraction of sp³-hybridized carbons (Fsp3) is 0.130. The molecule has 0 aliphatic rings. The van der Waals surface area contributed by atoms with Gasteiger partial charge in [0.1, 0.15) is 0 Å². The number of hydrogen-bond acceptors (Lipinski definition) is 4. The van der Waals surface area contributed by atoms with Gasteiger partial charge in [0.05, 0.1) is 10.9 Å². The summed E-state index contributed by atoms with van der Waals surface area (Å²) in [5.41, 5.74) is 1.58. The second-order valence-corrected chi connectivity index (χ2v) is 9.14. The molecule has 0 aliphatic heterocycles. The number of rotatable bonds is 5. The van der Waals surface area contributed by atoms with E-state index in [1.54, 1.807) is 31.2 Å². The van der Waals surface area contributed by atoms with Crippen LogP contribution in [-0.4, -0.2) is 18.4 Å². The highest BCUT2D eigenvalue weighted by atomic mass is 32.2. The predicted octanol–water partition coefficient (Wildman–Crippen LogP) is 4.05. The van der Waals surface area contributed by atoms with Crippen molar-refractivity contribution in [3.63, 3.8) is 0 Å². The van der Waals surface area contributed by atoms with E-state index >= 15 is 0 Å². The van der Waals surface area contributed by atoms with Crippen molar-refractivity contribution in [2.45, 2.75) is 23.8 Å². The Morgan fingerprint density at radius 3 is 2.41 bits per heavy atom. The molecule has 0 bridgehead atoms. The first-order valence-electron chi connectivity index (χ1n) is 9.31. The molecule has 4 rings (SSSR count). The van der Waals surface area contributed by atoms with E-state index in [1.165, 1.54) is 6.07 Å². The third-order valence-electron chi connectivity index (χ3n) is 5.03. The Morgan fingerprint density at radius 1 is 0.931 bits per heavy atom. The van der Waals surface area contributed by atoms with E-state index in [9.17, 15) is 13.2 Å². The molecule has 4 aromatic rings. The first-order chi connectivity index (χ1) is 13.9. The van der Waals surface area contributed by atoms with E-state index in [0.29, 0.717) is 17.7 Å². The smallest absolute Gasteiger partial charge is 0.251 e.